The third-order valence-electron chi connectivity index (χ3n) is 2.60. The van der Waals surface area contributed by atoms with Gasteiger partial charge in [-0.05, 0) is 25.7 Å². The minimum Gasteiger partial charge on any atom is -0.399 e. The van der Waals surface area contributed by atoms with Crippen molar-refractivity contribution in [3.05, 3.63) is 0 Å². The van der Waals surface area contributed by atoms with Crippen LogP contribution in [-0.2, 0) is 0 Å². The third kappa shape index (κ3) is 2.01. The molecule has 0 spiro atoms. The smallest absolute Gasteiger partial charge is 0.142 e. The lowest BCUT2D eigenvalue weighted by Gasteiger charge is -2.32. The predicted octanol–water partition coefficient (Wildman–Crippen LogP) is 0.908. The van der Waals surface area contributed by atoms with Crippen molar-refractivity contribution in [1.82, 2.24) is 0 Å². The van der Waals surface area contributed by atoms with Crippen molar-refractivity contribution < 1.29 is 5.11 Å². The summed E-state index contributed by atoms with van der Waals surface area (Å²) in [5.74, 6) is 0.557. The first-order valence-corrected chi connectivity index (χ1v) is 4.33. The summed E-state index contributed by atoms with van der Waals surface area (Å²) >= 11 is 0. The largest absolute Gasteiger partial charge is 0.399 e. The Kier molecular flexibility index (Phi) is 2.40. The Morgan fingerprint density at radius 2 is 1.80 bits per heavy atom. The van der Waals surface area contributed by atoms with Crippen molar-refractivity contribution in [3.63, 3.8) is 0 Å². The van der Waals surface area contributed by atoms with E-state index in [4.69, 9.17) is 0 Å². The van der Waals surface area contributed by atoms with Crippen LogP contribution in [0.5, 0.6) is 0 Å². The second-order valence-electron chi connectivity index (χ2n) is 3.99. The highest BCUT2D eigenvalue weighted by atomic mass is 16.3. The molecule has 0 aromatic heterocycles. The zero-order valence-electron chi connectivity index (χ0n) is 7.06. The van der Waals surface area contributed by atoms with Gasteiger partial charge in [-0.3, -0.25) is 0 Å². The minimum absolute atomic E-state index is 0.430. The molecule has 2 heteroatoms. The summed E-state index contributed by atoms with van der Waals surface area (Å²) < 4.78 is 0. The van der Waals surface area contributed by atoms with Gasteiger partial charge in [0.05, 0.1) is 0 Å². The quantitative estimate of drug-likeness (QED) is 0.536. The van der Waals surface area contributed by atoms with E-state index >= 15 is 0 Å². The van der Waals surface area contributed by atoms with E-state index in [0.717, 1.165) is 0 Å². The molecule has 0 heterocycles. The van der Waals surface area contributed by atoms with Gasteiger partial charge >= 0.3 is 0 Å². The Labute approximate surface area is 64.2 Å². The van der Waals surface area contributed by atoms with Crippen molar-refractivity contribution >= 4 is 7.85 Å². The summed E-state index contributed by atoms with van der Waals surface area (Å²) in [7, 11) is 1.93. The molecule has 10 heavy (non-hydrogen) atoms. The lowest BCUT2D eigenvalue weighted by atomic mass is 9.67. The molecule has 1 aliphatic carbocycles. The fourth-order valence-electron chi connectivity index (χ4n) is 1.81. The van der Waals surface area contributed by atoms with Gasteiger partial charge in [0.25, 0.3) is 0 Å². The first kappa shape index (κ1) is 8.12. The lowest BCUT2D eigenvalue weighted by molar-refractivity contribution is 0.0598. The standard InChI is InChI=1S/C8H17BO/c1-8(9,10)7-5-3-2-4-6-7/h7,10H,2-6,9H2,1H3. The summed E-state index contributed by atoms with van der Waals surface area (Å²) in [5, 5.41) is 9.64. The van der Waals surface area contributed by atoms with E-state index in [1.54, 1.807) is 0 Å². The van der Waals surface area contributed by atoms with Crippen LogP contribution in [0.15, 0.2) is 0 Å². The van der Waals surface area contributed by atoms with Crippen LogP contribution in [0.25, 0.3) is 0 Å². The van der Waals surface area contributed by atoms with E-state index in [9.17, 15) is 5.11 Å². The molecule has 1 atom stereocenters. The Morgan fingerprint density at radius 3 is 2.10 bits per heavy atom. The summed E-state index contributed by atoms with van der Waals surface area (Å²) in [6, 6.07) is 0. The molecular formula is C8H17BO. The molecule has 1 saturated carbocycles. The number of aliphatic hydroxyl groups is 1. The Balaban J connectivity index is 2.39. The zero-order valence-corrected chi connectivity index (χ0v) is 7.06. The second kappa shape index (κ2) is 2.95. The molecule has 1 nitrogen and oxygen atoms in total. The van der Waals surface area contributed by atoms with Gasteiger partial charge < -0.3 is 5.11 Å². The molecule has 1 aliphatic rings. The second-order valence-corrected chi connectivity index (χ2v) is 3.99. The first-order valence-electron chi connectivity index (χ1n) is 4.33. The average molecular weight is 140 g/mol. The van der Waals surface area contributed by atoms with Crippen molar-refractivity contribution in [1.29, 1.82) is 0 Å². The molecule has 0 saturated heterocycles. The Morgan fingerprint density at radius 1 is 1.30 bits per heavy atom. The molecule has 0 aliphatic heterocycles. The Hall–Kier alpha value is 0.0249. The van der Waals surface area contributed by atoms with Crippen molar-refractivity contribution in [3.8, 4) is 0 Å². The van der Waals surface area contributed by atoms with E-state index in [-0.39, 0.29) is 0 Å². The van der Waals surface area contributed by atoms with E-state index in [1.807, 2.05) is 14.8 Å². The normalized spacial score (nSPS) is 27.8. The number of hydrogen-bond donors (Lipinski definition) is 1. The fraction of sp³-hybridized carbons (Fsp3) is 1.00. The molecule has 1 unspecified atom stereocenters. The third-order valence-corrected chi connectivity index (χ3v) is 2.60. The average Bonchev–Trinajstić information content (AvgIpc) is 1.88. The highest BCUT2D eigenvalue weighted by molar-refractivity contribution is 6.14. The number of rotatable bonds is 1. The van der Waals surface area contributed by atoms with Crippen LogP contribution in [0.2, 0.25) is 0 Å². The van der Waals surface area contributed by atoms with Crippen molar-refractivity contribution in [2.24, 2.45) is 5.92 Å². The molecule has 0 bridgehead atoms. The predicted molar refractivity (Wildman–Crippen MR) is 45.7 cm³/mol. The summed E-state index contributed by atoms with van der Waals surface area (Å²) in [6.45, 7) is 1.93. The molecule has 1 fully saturated rings. The maximum absolute atomic E-state index is 9.64. The maximum Gasteiger partial charge on any atom is 0.142 e. The zero-order chi connectivity index (χ0) is 7.61. The number of hydrogen-bond acceptors (Lipinski definition) is 1. The SMILES string of the molecule is BC(C)(O)C1CCCCC1. The van der Waals surface area contributed by atoms with Gasteiger partial charge in [0, 0.05) is 5.50 Å². The summed E-state index contributed by atoms with van der Waals surface area (Å²) in [5.41, 5.74) is -0.430. The van der Waals surface area contributed by atoms with Crippen LogP contribution in [0.3, 0.4) is 0 Å². The molecule has 0 aromatic carbocycles. The van der Waals surface area contributed by atoms with Crippen molar-refractivity contribution in [2.75, 3.05) is 0 Å². The summed E-state index contributed by atoms with van der Waals surface area (Å²) in [4.78, 5) is 0. The van der Waals surface area contributed by atoms with Crippen LogP contribution in [-0.4, -0.2) is 18.5 Å². The minimum atomic E-state index is -0.430. The highest BCUT2D eigenvalue weighted by Gasteiger charge is 2.27. The monoisotopic (exact) mass is 140 g/mol. The van der Waals surface area contributed by atoms with Gasteiger partial charge in [-0.25, -0.2) is 0 Å². The van der Waals surface area contributed by atoms with Crippen LogP contribution < -0.4 is 0 Å². The van der Waals surface area contributed by atoms with E-state index in [1.165, 1.54) is 32.1 Å². The molecule has 0 radical (unpaired) electrons. The van der Waals surface area contributed by atoms with Gasteiger partial charge in [-0.1, -0.05) is 19.3 Å². The van der Waals surface area contributed by atoms with E-state index < -0.39 is 5.50 Å². The van der Waals surface area contributed by atoms with Crippen LogP contribution in [0.1, 0.15) is 39.0 Å². The van der Waals surface area contributed by atoms with Gasteiger partial charge in [0.15, 0.2) is 0 Å². The van der Waals surface area contributed by atoms with E-state index in [2.05, 4.69) is 0 Å². The van der Waals surface area contributed by atoms with Crippen LogP contribution >= 0.6 is 0 Å². The van der Waals surface area contributed by atoms with Gasteiger partial charge in [0.2, 0.25) is 0 Å². The Bertz CT molecular complexity index is 100. The van der Waals surface area contributed by atoms with Gasteiger partial charge in [-0.2, -0.15) is 0 Å². The summed E-state index contributed by atoms with van der Waals surface area (Å²) in [6.07, 6.45) is 6.45. The first-order chi connectivity index (χ1) is 4.61. The highest BCUT2D eigenvalue weighted by Crippen LogP contribution is 2.30. The molecule has 58 valence electrons. The molecular weight excluding hydrogens is 123 g/mol. The molecule has 1 rings (SSSR count). The molecule has 1 N–H and O–H groups in total. The van der Waals surface area contributed by atoms with Gasteiger partial charge in [-0.15, -0.1) is 0 Å². The van der Waals surface area contributed by atoms with Crippen LogP contribution in [0.4, 0.5) is 0 Å². The fourth-order valence-corrected chi connectivity index (χ4v) is 1.81. The topological polar surface area (TPSA) is 20.2 Å². The maximum atomic E-state index is 9.64. The molecule has 0 amide bonds. The van der Waals surface area contributed by atoms with E-state index in [0.29, 0.717) is 5.92 Å². The van der Waals surface area contributed by atoms with Crippen molar-refractivity contribution in [2.45, 2.75) is 44.5 Å². The lowest BCUT2D eigenvalue weighted by Crippen LogP contribution is -2.36. The van der Waals surface area contributed by atoms with Gasteiger partial charge in [0.1, 0.15) is 7.85 Å². The molecule has 0 aromatic rings. The van der Waals surface area contributed by atoms with Crippen LogP contribution in [0, 0.1) is 5.92 Å².